The minimum atomic E-state index is 1.12. The summed E-state index contributed by atoms with van der Waals surface area (Å²) in [4.78, 5) is 0. The second-order valence-electron chi connectivity index (χ2n) is 4.96. The highest BCUT2D eigenvalue weighted by Gasteiger charge is 2.21. The maximum Gasteiger partial charge on any atom is 0.0318 e. The summed E-state index contributed by atoms with van der Waals surface area (Å²) in [6, 6.07) is 17.2. The molecule has 3 rings (SSSR count). The van der Waals surface area contributed by atoms with E-state index in [0.717, 1.165) is 6.42 Å². The van der Waals surface area contributed by atoms with E-state index in [0.29, 0.717) is 0 Å². The number of unbranched alkanes of at least 4 members (excludes halogenated alkanes) is 2. The van der Waals surface area contributed by atoms with Gasteiger partial charge < -0.3 is 0 Å². The standard InChI is InChI=1S/C19H18/c1-2-3-4-5-10-15-16-11-6-8-13-18(16)19-14-9-7-12-17(15)19/h5-9,11-14H,2-4H2,1H3. The van der Waals surface area contributed by atoms with Crippen LogP contribution in [0.4, 0.5) is 0 Å². The first-order chi connectivity index (χ1) is 9.42. The molecule has 0 aliphatic heterocycles. The van der Waals surface area contributed by atoms with Gasteiger partial charge in [-0.2, -0.15) is 0 Å². The molecule has 0 atom stereocenters. The summed E-state index contributed by atoms with van der Waals surface area (Å²) in [6.07, 6.45) is 5.78. The lowest BCUT2D eigenvalue weighted by Gasteiger charge is -1.97. The number of fused-ring (bicyclic) bond motifs is 3. The van der Waals surface area contributed by atoms with Crippen molar-refractivity contribution < 1.29 is 0 Å². The zero-order valence-electron chi connectivity index (χ0n) is 11.3. The fourth-order valence-electron chi connectivity index (χ4n) is 2.65. The third-order valence-electron chi connectivity index (χ3n) is 3.63. The quantitative estimate of drug-likeness (QED) is 0.426. The number of hydrogen-bond acceptors (Lipinski definition) is 0. The molecular formula is C19H18. The zero-order chi connectivity index (χ0) is 13.1. The third-order valence-corrected chi connectivity index (χ3v) is 3.63. The van der Waals surface area contributed by atoms with Crippen LogP contribution in [0.25, 0.3) is 16.7 Å². The van der Waals surface area contributed by atoms with E-state index in [-0.39, 0.29) is 0 Å². The third kappa shape index (κ3) is 2.16. The molecule has 0 heterocycles. The molecule has 0 unspecified atom stereocenters. The van der Waals surface area contributed by atoms with Gasteiger partial charge in [-0.1, -0.05) is 61.9 Å². The first kappa shape index (κ1) is 12.0. The summed E-state index contributed by atoms with van der Waals surface area (Å²) >= 11 is 0. The van der Waals surface area contributed by atoms with Gasteiger partial charge in [-0.25, -0.2) is 0 Å². The van der Waals surface area contributed by atoms with Crippen molar-refractivity contribution in [3.8, 4) is 11.1 Å². The molecule has 0 spiro atoms. The first-order valence-corrected chi connectivity index (χ1v) is 7.06. The van der Waals surface area contributed by atoms with Gasteiger partial charge in [0.2, 0.25) is 0 Å². The van der Waals surface area contributed by atoms with Crippen molar-refractivity contribution in [2.24, 2.45) is 0 Å². The Bertz CT molecular complexity index is 608. The van der Waals surface area contributed by atoms with Crippen molar-refractivity contribution in [1.29, 1.82) is 0 Å². The molecule has 0 nitrogen and oxygen atoms in total. The van der Waals surface area contributed by atoms with Gasteiger partial charge in [0, 0.05) is 5.57 Å². The van der Waals surface area contributed by atoms with Gasteiger partial charge in [-0.15, -0.1) is 5.73 Å². The predicted octanol–water partition coefficient (Wildman–Crippen LogP) is 5.44. The summed E-state index contributed by atoms with van der Waals surface area (Å²) in [5, 5.41) is 0. The van der Waals surface area contributed by atoms with Gasteiger partial charge >= 0.3 is 0 Å². The number of rotatable bonds is 3. The molecule has 0 heteroatoms. The molecule has 0 radical (unpaired) electrons. The summed E-state index contributed by atoms with van der Waals surface area (Å²) < 4.78 is 0. The van der Waals surface area contributed by atoms with Crippen molar-refractivity contribution in [2.75, 3.05) is 0 Å². The van der Waals surface area contributed by atoms with Gasteiger partial charge in [0.25, 0.3) is 0 Å². The predicted molar refractivity (Wildman–Crippen MR) is 82.0 cm³/mol. The fourth-order valence-corrected chi connectivity index (χ4v) is 2.65. The van der Waals surface area contributed by atoms with E-state index in [1.807, 2.05) is 0 Å². The highest BCUT2D eigenvalue weighted by molar-refractivity contribution is 6.00. The number of benzene rings is 2. The monoisotopic (exact) mass is 246 g/mol. The van der Waals surface area contributed by atoms with E-state index in [2.05, 4.69) is 67.3 Å². The minimum absolute atomic E-state index is 1.12. The molecule has 19 heavy (non-hydrogen) atoms. The Hall–Kier alpha value is -2.04. The highest BCUT2D eigenvalue weighted by atomic mass is 14.2. The number of hydrogen-bond donors (Lipinski definition) is 0. The first-order valence-electron chi connectivity index (χ1n) is 7.06. The molecule has 0 saturated heterocycles. The second-order valence-corrected chi connectivity index (χ2v) is 4.96. The largest absolute Gasteiger partial charge is 0.116 e. The fraction of sp³-hybridized carbons (Fsp3) is 0.211. The Morgan fingerprint density at radius 2 is 1.37 bits per heavy atom. The minimum Gasteiger partial charge on any atom is -0.116 e. The van der Waals surface area contributed by atoms with Crippen LogP contribution < -0.4 is 0 Å². The molecule has 1 aliphatic rings. The number of allylic oxidation sites excluding steroid dienone is 1. The van der Waals surface area contributed by atoms with Crippen LogP contribution in [0.1, 0.15) is 37.3 Å². The summed E-state index contributed by atoms with van der Waals surface area (Å²) in [5.41, 5.74) is 10.1. The van der Waals surface area contributed by atoms with Gasteiger partial charge in [-0.3, -0.25) is 0 Å². The lowest BCUT2D eigenvalue weighted by atomic mass is 10.1. The van der Waals surface area contributed by atoms with E-state index < -0.39 is 0 Å². The maximum absolute atomic E-state index is 3.52. The van der Waals surface area contributed by atoms with Crippen LogP contribution in [-0.2, 0) is 0 Å². The molecule has 1 aliphatic carbocycles. The zero-order valence-corrected chi connectivity index (χ0v) is 11.3. The Morgan fingerprint density at radius 3 is 1.89 bits per heavy atom. The Morgan fingerprint density at radius 1 is 0.842 bits per heavy atom. The SMILES string of the molecule is CCCCC=C=C1c2ccccc2-c2ccccc21. The van der Waals surface area contributed by atoms with Crippen molar-refractivity contribution in [1.82, 2.24) is 0 Å². The van der Waals surface area contributed by atoms with Crippen molar-refractivity contribution in [2.45, 2.75) is 26.2 Å². The molecule has 0 fully saturated rings. The van der Waals surface area contributed by atoms with Crippen molar-refractivity contribution in [3.05, 3.63) is 71.5 Å². The normalized spacial score (nSPS) is 11.7. The lowest BCUT2D eigenvalue weighted by molar-refractivity contribution is 0.815. The molecule has 2 aromatic carbocycles. The van der Waals surface area contributed by atoms with Crippen LogP contribution in [0.5, 0.6) is 0 Å². The van der Waals surface area contributed by atoms with Gasteiger partial charge in [-0.05, 0) is 41.2 Å². The molecule has 0 N–H and O–H groups in total. The van der Waals surface area contributed by atoms with E-state index >= 15 is 0 Å². The molecule has 0 amide bonds. The summed E-state index contributed by atoms with van der Waals surface area (Å²) in [7, 11) is 0. The van der Waals surface area contributed by atoms with Crippen LogP contribution >= 0.6 is 0 Å². The Balaban J connectivity index is 2.12. The Labute approximate surface area is 115 Å². The molecule has 0 saturated carbocycles. The average Bonchev–Trinajstić information content (AvgIpc) is 2.78. The van der Waals surface area contributed by atoms with Crippen LogP contribution in [0.15, 0.2) is 60.3 Å². The van der Waals surface area contributed by atoms with E-state index in [1.54, 1.807) is 0 Å². The van der Waals surface area contributed by atoms with Crippen LogP contribution in [0.2, 0.25) is 0 Å². The van der Waals surface area contributed by atoms with Gasteiger partial charge in [0.1, 0.15) is 0 Å². The van der Waals surface area contributed by atoms with Gasteiger partial charge in [0.05, 0.1) is 0 Å². The van der Waals surface area contributed by atoms with Crippen molar-refractivity contribution >= 4 is 5.57 Å². The van der Waals surface area contributed by atoms with Crippen molar-refractivity contribution in [3.63, 3.8) is 0 Å². The van der Waals surface area contributed by atoms with Gasteiger partial charge in [0.15, 0.2) is 0 Å². The highest BCUT2D eigenvalue weighted by Crippen LogP contribution is 2.43. The average molecular weight is 246 g/mol. The van der Waals surface area contributed by atoms with E-state index in [9.17, 15) is 0 Å². The second kappa shape index (κ2) is 5.30. The smallest absolute Gasteiger partial charge is 0.0318 e. The van der Waals surface area contributed by atoms with E-state index in [4.69, 9.17) is 0 Å². The molecule has 2 aromatic rings. The maximum atomic E-state index is 3.52. The molecule has 0 bridgehead atoms. The van der Waals surface area contributed by atoms with Crippen LogP contribution in [0, 0.1) is 0 Å². The summed E-state index contributed by atoms with van der Waals surface area (Å²) in [6.45, 7) is 2.22. The molecular weight excluding hydrogens is 228 g/mol. The van der Waals surface area contributed by atoms with Crippen LogP contribution in [-0.4, -0.2) is 0 Å². The molecule has 0 aromatic heterocycles. The lowest BCUT2D eigenvalue weighted by Crippen LogP contribution is -1.78. The topological polar surface area (TPSA) is 0 Å². The summed E-state index contributed by atoms with van der Waals surface area (Å²) in [5.74, 6) is 0. The van der Waals surface area contributed by atoms with Crippen LogP contribution in [0.3, 0.4) is 0 Å². The molecule has 94 valence electrons. The Kier molecular flexibility index (Phi) is 3.35. The van der Waals surface area contributed by atoms with E-state index in [1.165, 1.54) is 40.7 Å².